The standard InChI is InChI=1S/C13H18ClF3N2S/c1-8(18)12(10-4-5-11(14)20-10)19-6-2-3-9(7-19)13(15,16)17/h4-5,8-9,12H,2-3,6-7,18H2,1H3. The summed E-state index contributed by atoms with van der Waals surface area (Å²) in [6, 6.07) is 3.19. The smallest absolute Gasteiger partial charge is 0.326 e. The third-order valence-electron chi connectivity index (χ3n) is 3.69. The molecule has 2 N–H and O–H groups in total. The SMILES string of the molecule is CC(N)C(c1ccc(Cl)s1)N1CCCC(C(F)(F)F)C1. The van der Waals surface area contributed by atoms with E-state index in [0.29, 0.717) is 17.3 Å². The maximum atomic E-state index is 12.9. The Morgan fingerprint density at radius 3 is 2.65 bits per heavy atom. The van der Waals surface area contributed by atoms with E-state index in [4.69, 9.17) is 17.3 Å². The van der Waals surface area contributed by atoms with Crippen LogP contribution >= 0.6 is 22.9 Å². The summed E-state index contributed by atoms with van der Waals surface area (Å²) in [6.07, 6.45) is -3.38. The summed E-state index contributed by atoms with van der Waals surface area (Å²) >= 11 is 7.32. The van der Waals surface area contributed by atoms with Crippen LogP contribution in [0.3, 0.4) is 0 Å². The summed E-state index contributed by atoms with van der Waals surface area (Å²) in [5, 5.41) is 0. The number of hydrogen-bond acceptors (Lipinski definition) is 3. The van der Waals surface area contributed by atoms with Gasteiger partial charge in [-0.25, -0.2) is 0 Å². The molecule has 0 aliphatic carbocycles. The summed E-state index contributed by atoms with van der Waals surface area (Å²) in [7, 11) is 0. The fraction of sp³-hybridized carbons (Fsp3) is 0.692. The maximum Gasteiger partial charge on any atom is 0.393 e. The van der Waals surface area contributed by atoms with E-state index < -0.39 is 12.1 Å². The van der Waals surface area contributed by atoms with Crippen LogP contribution in [0.25, 0.3) is 0 Å². The molecule has 3 unspecified atom stereocenters. The Morgan fingerprint density at radius 2 is 2.15 bits per heavy atom. The third-order valence-corrected chi connectivity index (χ3v) is 4.99. The predicted molar refractivity (Wildman–Crippen MR) is 76.1 cm³/mol. The van der Waals surface area contributed by atoms with Crippen molar-refractivity contribution in [3.63, 3.8) is 0 Å². The monoisotopic (exact) mass is 326 g/mol. The Morgan fingerprint density at radius 1 is 1.45 bits per heavy atom. The number of halogens is 4. The third kappa shape index (κ3) is 3.67. The number of rotatable bonds is 3. The van der Waals surface area contributed by atoms with Crippen molar-refractivity contribution in [3.05, 3.63) is 21.3 Å². The van der Waals surface area contributed by atoms with Crippen molar-refractivity contribution in [1.82, 2.24) is 4.90 Å². The van der Waals surface area contributed by atoms with E-state index in [2.05, 4.69) is 0 Å². The van der Waals surface area contributed by atoms with Gasteiger partial charge in [0.1, 0.15) is 0 Å². The minimum Gasteiger partial charge on any atom is -0.326 e. The lowest BCUT2D eigenvalue weighted by atomic mass is 9.94. The molecule has 3 atom stereocenters. The van der Waals surface area contributed by atoms with Gasteiger partial charge in [-0.1, -0.05) is 11.6 Å². The van der Waals surface area contributed by atoms with E-state index in [1.54, 1.807) is 6.07 Å². The van der Waals surface area contributed by atoms with Crippen molar-refractivity contribution in [1.29, 1.82) is 0 Å². The zero-order valence-electron chi connectivity index (χ0n) is 11.2. The van der Waals surface area contributed by atoms with Crippen LogP contribution in [-0.2, 0) is 0 Å². The van der Waals surface area contributed by atoms with Crippen molar-refractivity contribution in [2.24, 2.45) is 11.7 Å². The second kappa shape index (κ2) is 6.22. The molecule has 114 valence electrons. The van der Waals surface area contributed by atoms with E-state index >= 15 is 0 Å². The molecule has 1 aromatic heterocycles. The highest BCUT2D eigenvalue weighted by atomic mass is 35.5. The normalized spacial score (nSPS) is 24.6. The minimum atomic E-state index is -4.13. The molecular weight excluding hydrogens is 309 g/mol. The number of nitrogens with two attached hydrogens (primary N) is 1. The molecule has 0 amide bonds. The average molecular weight is 327 g/mol. The molecular formula is C13H18ClF3N2S. The first-order valence-corrected chi connectivity index (χ1v) is 7.80. The molecule has 1 aromatic rings. The van der Waals surface area contributed by atoms with E-state index in [-0.39, 0.29) is 25.0 Å². The van der Waals surface area contributed by atoms with E-state index in [1.807, 2.05) is 17.9 Å². The van der Waals surface area contributed by atoms with E-state index in [9.17, 15) is 13.2 Å². The first kappa shape index (κ1) is 16.1. The zero-order valence-corrected chi connectivity index (χ0v) is 12.7. The van der Waals surface area contributed by atoms with Crippen LogP contribution < -0.4 is 5.73 Å². The Kier molecular flexibility index (Phi) is 5.00. The number of alkyl halides is 3. The van der Waals surface area contributed by atoms with Crippen molar-refractivity contribution >= 4 is 22.9 Å². The van der Waals surface area contributed by atoms with Crippen molar-refractivity contribution in [3.8, 4) is 0 Å². The second-order valence-corrected chi connectivity index (χ2v) is 7.07. The number of hydrogen-bond donors (Lipinski definition) is 1. The minimum absolute atomic E-state index is 0.0191. The van der Waals surface area contributed by atoms with Crippen LogP contribution in [0.2, 0.25) is 4.34 Å². The molecule has 1 aliphatic heterocycles. The van der Waals surface area contributed by atoms with E-state index in [0.717, 1.165) is 4.88 Å². The van der Waals surface area contributed by atoms with Gasteiger partial charge in [0.25, 0.3) is 0 Å². The number of piperidine rings is 1. The largest absolute Gasteiger partial charge is 0.393 e. The number of thiophene rings is 1. The molecule has 1 aliphatic rings. The molecule has 1 fully saturated rings. The van der Waals surface area contributed by atoms with Crippen LogP contribution in [0.15, 0.2) is 12.1 Å². The lowest BCUT2D eigenvalue weighted by Gasteiger charge is -2.40. The molecule has 1 saturated heterocycles. The summed E-state index contributed by atoms with van der Waals surface area (Å²) in [4.78, 5) is 2.79. The average Bonchev–Trinajstić information content (AvgIpc) is 2.74. The molecule has 2 heterocycles. The van der Waals surface area contributed by atoms with Gasteiger partial charge in [0.2, 0.25) is 0 Å². The lowest BCUT2D eigenvalue weighted by Crippen LogP contribution is -2.47. The molecule has 2 rings (SSSR count). The first-order chi connectivity index (χ1) is 9.29. The van der Waals surface area contributed by atoms with E-state index in [1.165, 1.54) is 11.3 Å². The highest BCUT2D eigenvalue weighted by molar-refractivity contribution is 7.16. The summed E-state index contributed by atoms with van der Waals surface area (Å²) < 4.78 is 39.4. The van der Waals surface area contributed by atoms with Crippen LogP contribution in [0.1, 0.15) is 30.7 Å². The number of likely N-dealkylation sites (tertiary alicyclic amines) is 1. The molecule has 7 heteroatoms. The van der Waals surface area contributed by atoms with Gasteiger partial charge >= 0.3 is 6.18 Å². The van der Waals surface area contributed by atoms with Crippen LogP contribution in [-0.4, -0.2) is 30.2 Å². The molecule has 0 saturated carbocycles. The Bertz CT molecular complexity index is 447. The highest BCUT2D eigenvalue weighted by Crippen LogP contribution is 2.38. The van der Waals surface area contributed by atoms with Crippen molar-refractivity contribution in [2.75, 3.05) is 13.1 Å². The van der Waals surface area contributed by atoms with Gasteiger partial charge in [-0.05, 0) is 38.4 Å². The van der Waals surface area contributed by atoms with Crippen LogP contribution in [0, 0.1) is 5.92 Å². The zero-order chi connectivity index (χ0) is 14.9. The molecule has 0 spiro atoms. The van der Waals surface area contributed by atoms with Crippen molar-refractivity contribution < 1.29 is 13.2 Å². The van der Waals surface area contributed by atoms with Crippen LogP contribution in [0.4, 0.5) is 13.2 Å². The van der Waals surface area contributed by atoms with Gasteiger partial charge in [-0.3, -0.25) is 4.90 Å². The van der Waals surface area contributed by atoms with Gasteiger partial charge in [-0.15, -0.1) is 11.3 Å². The number of nitrogens with zero attached hydrogens (tertiary/aromatic N) is 1. The topological polar surface area (TPSA) is 29.3 Å². The van der Waals surface area contributed by atoms with Crippen molar-refractivity contribution in [2.45, 2.75) is 38.0 Å². The molecule has 0 radical (unpaired) electrons. The van der Waals surface area contributed by atoms with Gasteiger partial charge in [-0.2, -0.15) is 13.2 Å². The van der Waals surface area contributed by atoms with Gasteiger partial charge in [0, 0.05) is 17.5 Å². The van der Waals surface area contributed by atoms with Gasteiger partial charge in [0.05, 0.1) is 16.3 Å². The molecule has 2 nitrogen and oxygen atoms in total. The highest BCUT2D eigenvalue weighted by Gasteiger charge is 2.43. The molecule has 20 heavy (non-hydrogen) atoms. The molecule has 0 bridgehead atoms. The summed E-state index contributed by atoms with van der Waals surface area (Å²) in [6.45, 7) is 2.50. The molecule has 0 aromatic carbocycles. The first-order valence-electron chi connectivity index (χ1n) is 6.60. The Labute approximate surface area is 125 Å². The maximum absolute atomic E-state index is 12.9. The van der Waals surface area contributed by atoms with Crippen LogP contribution in [0.5, 0.6) is 0 Å². The fourth-order valence-corrected chi connectivity index (χ4v) is 4.10. The fourth-order valence-electron chi connectivity index (χ4n) is 2.79. The lowest BCUT2D eigenvalue weighted by molar-refractivity contribution is -0.189. The predicted octanol–water partition coefficient (Wildman–Crippen LogP) is 4.06. The van der Waals surface area contributed by atoms with Gasteiger partial charge < -0.3 is 5.73 Å². The summed E-state index contributed by atoms with van der Waals surface area (Å²) in [5.74, 6) is -1.26. The summed E-state index contributed by atoms with van der Waals surface area (Å²) in [5.41, 5.74) is 6.00. The Balaban J connectivity index is 2.17. The quantitative estimate of drug-likeness (QED) is 0.907. The van der Waals surface area contributed by atoms with Gasteiger partial charge in [0.15, 0.2) is 0 Å². The second-order valence-electron chi connectivity index (χ2n) is 5.32. The Hall–Kier alpha value is -0.300.